The predicted octanol–water partition coefficient (Wildman–Crippen LogP) is 7.87. The van der Waals surface area contributed by atoms with Crippen molar-refractivity contribution >= 4 is 22.9 Å². The number of anilines is 1. The topological polar surface area (TPSA) is 58.7 Å². The number of carbonyl (C=O) groups excluding carboxylic acids is 1. The standard InChI is InChI=1S/C37H43N3O2/c1-36(2,3)35-21-28(39-42-35)20-30(41)17-25-7-9-26(10-8-25)33-22-32-31-12-11-29(18-27(31)19-34(32)38-33)40(4)23-37(15-16-37)14-13-24-5-6-24/h7-12,18,21-22,24,32H,5-6,13-17,19-20,23H2,1-4H3. The van der Waals surface area contributed by atoms with Crippen molar-refractivity contribution in [3.05, 3.63) is 88.3 Å². The highest BCUT2D eigenvalue weighted by Gasteiger charge is 2.44. The lowest BCUT2D eigenvalue weighted by atomic mass is 9.93. The van der Waals surface area contributed by atoms with Crippen molar-refractivity contribution in [3.63, 3.8) is 0 Å². The van der Waals surface area contributed by atoms with Crippen molar-refractivity contribution < 1.29 is 9.32 Å². The van der Waals surface area contributed by atoms with Gasteiger partial charge in [-0.05, 0) is 77.5 Å². The Morgan fingerprint density at radius 2 is 1.83 bits per heavy atom. The summed E-state index contributed by atoms with van der Waals surface area (Å²) in [6, 6.07) is 17.3. The van der Waals surface area contributed by atoms with E-state index < -0.39 is 0 Å². The largest absolute Gasteiger partial charge is 0.374 e. The number of rotatable bonds is 11. The molecule has 5 nitrogen and oxygen atoms in total. The fourth-order valence-corrected chi connectivity index (χ4v) is 6.79. The molecule has 0 saturated heterocycles. The Labute approximate surface area is 250 Å². The monoisotopic (exact) mass is 561 g/mol. The predicted molar refractivity (Wildman–Crippen MR) is 169 cm³/mol. The summed E-state index contributed by atoms with van der Waals surface area (Å²) in [6.07, 6.45) is 12.5. The highest BCUT2D eigenvalue weighted by molar-refractivity contribution is 6.06. The summed E-state index contributed by atoms with van der Waals surface area (Å²) in [5, 5.41) is 4.10. The molecule has 0 N–H and O–H groups in total. The molecule has 1 aromatic heterocycles. The number of hydrogen-bond donors (Lipinski definition) is 0. The maximum atomic E-state index is 12.7. The van der Waals surface area contributed by atoms with Gasteiger partial charge in [-0.3, -0.25) is 9.79 Å². The molecule has 4 aliphatic rings. The zero-order valence-corrected chi connectivity index (χ0v) is 25.6. The van der Waals surface area contributed by atoms with Crippen molar-refractivity contribution in [2.75, 3.05) is 18.5 Å². The van der Waals surface area contributed by atoms with Gasteiger partial charge in [-0.15, -0.1) is 0 Å². The number of hydrogen-bond acceptors (Lipinski definition) is 5. The number of aliphatic imine (C=N–C) groups is 1. The van der Waals surface area contributed by atoms with Gasteiger partial charge in [0.25, 0.3) is 0 Å². The van der Waals surface area contributed by atoms with Crippen LogP contribution in [0.3, 0.4) is 0 Å². The van der Waals surface area contributed by atoms with Gasteiger partial charge in [-0.2, -0.15) is 0 Å². The highest BCUT2D eigenvalue weighted by Crippen LogP contribution is 2.53. The number of allylic oxidation sites excluding steroid dienone is 1. The second kappa shape index (κ2) is 10.4. The van der Waals surface area contributed by atoms with Gasteiger partial charge in [0.1, 0.15) is 11.5 Å². The van der Waals surface area contributed by atoms with Crippen molar-refractivity contribution in [1.29, 1.82) is 0 Å². The van der Waals surface area contributed by atoms with Crippen molar-refractivity contribution in [2.45, 2.75) is 89.9 Å². The van der Waals surface area contributed by atoms with Gasteiger partial charge < -0.3 is 9.42 Å². The molecular formula is C37H43N3O2. The molecule has 0 radical (unpaired) electrons. The van der Waals surface area contributed by atoms with Gasteiger partial charge in [0.15, 0.2) is 0 Å². The molecule has 3 aliphatic carbocycles. The van der Waals surface area contributed by atoms with Crippen LogP contribution in [0.15, 0.2) is 64.1 Å². The van der Waals surface area contributed by atoms with E-state index in [-0.39, 0.29) is 17.1 Å². The molecule has 0 spiro atoms. The van der Waals surface area contributed by atoms with Crippen LogP contribution in [0.25, 0.3) is 5.70 Å². The van der Waals surface area contributed by atoms with Crippen LogP contribution in [-0.2, 0) is 29.5 Å². The van der Waals surface area contributed by atoms with E-state index in [1.165, 1.54) is 67.6 Å². The van der Waals surface area contributed by atoms with Crippen LogP contribution < -0.4 is 4.90 Å². The number of aromatic nitrogens is 1. The van der Waals surface area contributed by atoms with E-state index >= 15 is 0 Å². The minimum absolute atomic E-state index is 0.115. The third-order valence-electron chi connectivity index (χ3n) is 9.86. The van der Waals surface area contributed by atoms with Crippen LogP contribution in [0.2, 0.25) is 0 Å². The first-order valence-corrected chi connectivity index (χ1v) is 15.8. The van der Waals surface area contributed by atoms with Crippen LogP contribution in [-0.4, -0.2) is 30.2 Å². The van der Waals surface area contributed by atoms with Gasteiger partial charge in [0.05, 0.1) is 17.8 Å². The van der Waals surface area contributed by atoms with E-state index in [4.69, 9.17) is 9.52 Å². The first-order chi connectivity index (χ1) is 20.1. The Bertz CT molecular complexity index is 1560. The smallest absolute Gasteiger partial charge is 0.143 e. The summed E-state index contributed by atoms with van der Waals surface area (Å²) in [5.41, 5.74) is 9.76. The van der Waals surface area contributed by atoms with Crippen molar-refractivity contribution in [2.24, 2.45) is 16.3 Å². The zero-order valence-electron chi connectivity index (χ0n) is 25.6. The van der Waals surface area contributed by atoms with Gasteiger partial charge in [0, 0.05) is 55.2 Å². The van der Waals surface area contributed by atoms with Gasteiger partial charge in [-0.1, -0.05) is 69.1 Å². The summed E-state index contributed by atoms with van der Waals surface area (Å²) >= 11 is 0. The Hall–Kier alpha value is -3.47. The van der Waals surface area contributed by atoms with Crippen LogP contribution in [0.5, 0.6) is 0 Å². The summed E-state index contributed by atoms with van der Waals surface area (Å²) in [7, 11) is 2.28. The molecule has 3 aromatic rings. The average molecular weight is 562 g/mol. The quantitative estimate of drug-likeness (QED) is 0.239. The number of nitrogens with zero attached hydrogens (tertiary/aromatic N) is 3. The molecule has 2 aromatic carbocycles. The van der Waals surface area contributed by atoms with Crippen LogP contribution in [0, 0.1) is 11.3 Å². The molecule has 5 heteroatoms. The van der Waals surface area contributed by atoms with Crippen molar-refractivity contribution in [1.82, 2.24) is 5.16 Å². The Morgan fingerprint density at radius 1 is 1.05 bits per heavy atom. The maximum absolute atomic E-state index is 12.7. The highest BCUT2D eigenvalue weighted by atomic mass is 16.5. The molecule has 2 heterocycles. The summed E-state index contributed by atoms with van der Waals surface area (Å²) < 4.78 is 5.44. The van der Waals surface area contributed by atoms with E-state index in [1.807, 2.05) is 6.07 Å². The fourth-order valence-electron chi connectivity index (χ4n) is 6.79. The molecule has 7 rings (SSSR count). The fraction of sp³-hybridized carbons (Fsp3) is 0.486. The number of fused-ring (bicyclic) bond motifs is 3. The lowest BCUT2D eigenvalue weighted by Gasteiger charge is -2.26. The Kier molecular flexibility index (Phi) is 6.75. The first kappa shape index (κ1) is 27.4. The van der Waals surface area contributed by atoms with Crippen LogP contribution in [0.4, 0.5) is 5.69 Å². The average Bonchev–Trinajstić information content (AvgIpc) is 3.79. The van der Waals surface area contributed by atoms with Crippen molar-refractivity contribution in [3.8, 4) is 0 Å². The van der Waals surface area contributed by atoms with E-state index in [1.54, 1.807) is 0 Å². The second-order valence-electron chi connectivity index (χ2n) is 14.6. The normalized spacial score (nSPS) is 20.1. The van der Waals surface area contributed by atoms with Gasteiger partial charge in [-0.25, -0.2) is 0 Å². The molecule has 1 aliphatic heterocycles. The van der Waals surface area contributed by atoms with E-state index in [0.29, 0.717) is 24.0 Å². The Morgan fingerprint density at radius 3 is 2.52 bits per heavy atom. The number of Topliss-reactive ketones (excluding diaryl/α,β-unsaturated/α-hetero) is 1. The summed E-state index contributed by atoms with van der Waals surface area (Å²) in [5.74, 6) is 2.26. The summed E-state index contributed by atoms with van der Waals surface area (Å²) in [4.78, 5) is 20.3. The van der Waals surface area contributed by atoms with Crippen LogP contribution in [0.1, 0.15) is 98.9 Å². The number of carbonyl (C=O) groups is 1. The first-order valence-electron chi connectivity index (χ1n) is 15.8. The molecule has 1 unspecified atom stereocenters. The van der Waals surface area contributed by atoms with E-state index in [9.17, 15) is 4.79 Å². The second-order valence-corrected chi connectivity index (χ2v) is 14.6. The lowest BCUT2D eigenvalue weighted by molar-refractivity contribution is -0.117. The molecular weight excluding hydrogens is 518 g/mol. The van der Waals surface area contributed by atoms with Crippen LogP contribution >= 0.6 is 0 Å². The zero-order chi connectivity index (χ0) is 29.1. The molecule has 42 heavy (non-hydrogen) atoms. The summed E-state index contributed by atoms with van der Waals surface area (Å²) in [6.45, 7) is 7.42. The third kappa shape index (κ3) is 5.75. The molecule has 2 fully saturated rings. The minimum Gasteiger partial charge on any atom is -0.374 e. The van der Waals surface area contributed by atoms with Gasteiger partial charge in [0.2, 0.25) is 0 Å². The third-order valence-corrected chi connectivity index (χ3v) is 9.86. The Balaban J connectivity index is 0.965. The number of ketones is 1. The molecule has 0 bridgehead atoms. The lowest BCUT2D eigenvalue weighted by Crippen LogP contribution is -2.26. The molecule has 1 atom stereocenters. The molecule has 0 amide bonds. The minimum atomic E-state index is -0.115. The molecule has 2 saturated carbocycles. The van der Waals surface area contributed by atoms with E-state index in [2.05, 4.69) is 86.4 Å². The molecule has 218 valence electrons. The SMILES string of the molecule is CN(CC1(CCC2CC2)CC1)c1ccc2c(c1)CC1=NC(c3ccc(CC(=O)Cc4cc(C(C)(C)C)on4)cc3)=CC12. The van der Waals surface area contributed by atoms with Gasteiger partial charge >= 0.3 is 0 Å². The number of benzene rings is 2. The maximum Gasteiger partial charge on any atom is 0.143 e. The van der Waals surface area contributed by atoms with E-state index in [0.717, 1.165) is 34.9 Å².